The summed E-state index contributed by atoms with van der Waals surface area (Å²) in [7, 11) is 1.70. The predicted molar refractivity (Wildman–Crippen MR) is 319 cm³/mol. The molecule has 3 aromatic carbocycles. The Hall–Kier alpha value is -7.61. The Kier molecular flexibility index (Phi) is 25.6. The molecule has 31 heteroatoms. The lowest BCUT2D eigenvalue weighted by molar-refractivity contribution is -0.435. The van der Waals surface area contributed by atoms with E-state index < -0.39 is 181 Å². The van der Waals surface area contributed by atoms with Gasteiger partial charge in [-0.2, -0.15) is 0 Å². The number of aliphatic hydroxyl groups is 6. The van der Waals surface area contributed by atoms with Crippen molar-refractivity contribution in [2.24, 2.45) is 5.92 Å². The maximum absolute atomic E-state index is 14.6. The monoisotopic (exact) mass is 1280 g/mol. The topological polar surface area (TPSA) is 413 Å². The number of phenolic OH excluding ortho intramolecular Hbond substituents is 1. The number of aromatic hydroxyl groups is 1. The third-order valence-electron chi connectivity index (χ3n) is 16.3. The molecule has 7 rings (SSSR count). The summed E-state index contributed by atoms with van der Waals surface area (Å²) in [6.45, 7) is 11.6. The van der Waals surface area contributed by atoms with Crippen molar-refractivity contribution in [3.8, 4) is 11.5 Å². The van der Waals surface area contributed by atoms with Gasteiger partial charge >= 0.3 is 0 Å². The van der Waals surface area contributed by atoms with Gasteiger partial charge < -0.3 is 96.2 Å². The first kappa shape index (κ1) is 69.9. The maximum atomic E-state index is 14.6. The highest BCUT2D eigenvalue weighted by Crippen LogP contribution is 2.29. The molecule has 492 valence electrons. The van der Waals surface area contributed by atoms with Crippen molar-refractivity contribution in [1.29, 1.82) is 0 Å². The number of fused-ring (bicyclic) bond motifs is 2. The molecule has 0 bridgehead atoms. The molecule has 0 saturated carbocycles. The number of rotatable bonds is 21. The second-order valence-electron chi connectivity index (χ2n) is 22.8. The lowest BCUT2D eigenvalue weighted by atomic mass is 9.99. The van der Waals surface area contributed by atoms with Crippen LogP contribution in [0.2, 0.25) is 0 Å². The highest BCUT2D eigenvalue weighted by molar-refractivity contribution is 7.80. The highest BCUT2D eigenvalue weighted by Gasteiger charge is 2.50. The number of ether oxygens (including phenoxy) is 2. The minimum atomic E-state index is -2.66. The molecular formula is C59H80N10O20S. The van der Waals surface area contributed by atoms with Gasteiger partial charge in [0.1, 0.15) is 52.6 Å². The number of hydrogen-bond acceptors (Lipinski definition) is 22. The number of benzene rings is 3. The molecule has 14 atom stereocenters. The van der Waals surface area contributed by atoms with Crippen LogP contribution in [0.5, 0.6) is 11.5 Å². The van der Waals surface area contributed by atoms with E-state index in [0.29, 0.717) is 32.8 Å². The van der Waals surface area contributed by atoms with E-state index in [2.05, 4.69) is 50.6 Å². The molecule has 4 aliphatic rings. The number of hydrogen-bond donors (Lipinski definition) is 13. The molecular weight excluding hydrogens is 1200 g/mol. The van der Waals surface area contributed by atoms with Crippen LogP contribution >= 0.6 is 0 Å². The average molecular weight is 1280 g/mol. The van der Waals surface area contributed by atoms with E-state index in [4.69, 9.17) is 21.3 Å². The Balaban J connectivity index is 1.13. The van der Waals surface area contributed by atoms with Gasteiger partial charge in [0.25, 0.3) is 5.91 Å². The molecule has 90 heavy (non-hydrogen) atoms. The summed E-state index contributed by atoms with van der Waals surface area (Å²) >= 11 is -2.66. The summed E-state index contributed by atoms with van der Waals surface area (Å²) in [5.41, 5.74) is 1.91. The molecule has 13 N–H and O–H groups in total. The third kappa shape index (κ3) is 18.1. The minimum Gasteiger partial charge on any atom is -0.507 e. The number of aliphatic hydroxyl groups excluding tert-OH is 6. The summed E-state index contributed by atoms with van der Waals surface area (Å²) in [4.78, 5) is 110. The summed E-state index contributed by atoms with van der Waals surface area (Å²) in [5, 5.41) is 103. The van der Waals surface area contributed by atoms with Crippen LogP contribution in [0, 0.1) is 12.5 Å². The van der Waals surface area contributed by atoms with Crippen molar-refractivity contribution < 1.29 is 97.6 Å². The normalized spacial score (nSPS) is 26.3. The Morgan fingerprint density at radius 1 is 0.744 bits per heavy atom. The number of methoxy groups -OCH3 is 1. The number of carbonyl (C=O) groups is 7. The molecule has 8 unspecified atom stereocenters. The fourth-order valence-corrected chi connectivity index (χ4v) is 11.9. The molecule has 4 heterocycles. The zero-order valence-electron chi connectivity index (χ0n) is 50.0. The van der Waals surface area contributed by atoms with E-state index >= 15 is 0 Å². The van der Waals surface area contributed by atoms with Crippen molar-refractivity contribution in [2.45, 2.75) is 137 Å². The molecule has 0 spiro atoms. The Bertz CT molecular complexity index is 3030. The quantitative estimate of drug-likeness (QED) is 0.0229. The number of amides is 7. The van der Waals surface area contributed by atoms with Crippen LogP contribution in [0.15, 0.2) is 71.6 Å². The van der Waals surface area contributed by atoms with Crippen molar-refractivity contribution in [2.75, 3.05) is 82.5 Å². The van der Waals surface area contributed by atoms with Gasteiger partial charge in [0, 0.05) is 102 Å². The largest absolute Gasteiger partial charge is 0.507 e. The summed E-state index contributed by atoms with van der Waals surface area (Å²) in [6.07, 6.45) is -8.35. The highest BCUT2D eigenvalue weighted by atomic mass is 32.2. The second-order valence-corrected chi connectivity index (χ2v) is 23.8. The van der Waals surface area contributed by atoms with Crippen LogP contribution in [-0.2, 0) is 60.4 Å². The summed E-state index contributed by atoms with van der Waals surface area (Å²) < 4.78 is 27.8. The average Bonchev–Trinajstić information content (AvgIpc) is 1.73. The van der Waals surface area contributed by atoms with Gasteiger partial charge in [0.15, 0.2) is 6.10 Å². The van der Waals surface area contributed by atoms with Crippen molar-refractivity contribution in [3.63, 3.8) is 0 Å². The van der Waals surface area contributed by atoms with E-state index in [1.165, 1.54) is 25.1 Å². The van der Waals surface area contributed by atoms with Crippen molar-refractivity contribution in [1.82, 2.24) is 36.4 Å². The minimum absolute atomic E-state index is 0.00779. The van der Waals surface area contributed by atoms with E-state index in [-0.39, 0.29) is 17.7 Å². The zero-order valence-corrected chi connectivity index (χ0v) is 50.8. The van der Waals surface area contributed by atoms with Crippen LogP contribution in [-0.4, -0.2) is 242 Å². The molecule has 4 aliphatic heterocycles. The third-order valence-corrected chi connectivity index (χ3v) is 17.1. The molecule has 4 fully saturated rings. The van der Waals surface area contributed by atoms with Gasteiger partial charge in [-0.15, -0.1) is 0 Å². The number of carbonyl (C=O) groups excluding carboxylic acids is 7. The molecule has 4 saturated heterocycles. The van der Waals surface area contributed by atoms with Gasteiger partial charge in [-0.05, 0) is 92.4 Å². The molecule has 3 aromatic rings. The van der Waals surface area contributed by atoms with Gasteiger partial charge in [-0.25, -0.2) is 16.0 Å². The number of β-amino-alcohol motifs (C(OH)–C–C–N with tert-alkyl or cyclic N) is 1. The maximum Gasteiger partial charge on any atom is 0.251 e. The standard InChI is InChI=1S/C59H80N10O20S/c1-33-31-69-51(52(33)76)57(81)61-29-39(71)27-42(62-53(77)36-10-12-37(13-11-36)66-19-21-67(22-20-66)38-14-16-41(17-15-38)87-24-8-6-5-7-23-86-4)54(78)63-48(34(2)70)58(82)68-32-40(72)28-43(68)55(79)64-49(56(80)65-50(59(69)83)46(75)30-60-3)45(74)25-35-9-18-44(73)47(26-35)90(85)89-88-84/h9-18,26,33-34,39-40,42-43,45-46,48-52,70-76,84H,5-8,19-25,27-32H2,1-2,4H3,(H,61,81)(H,62,77)(H,63,78)(H,64,79)(H,65,80)/t33?,34?,39-,40?,42-,43?,45+,46+,48?,49?,50-,51?,52-,90?/m0/s1. The Morgan fingerprint density at radius 2 is 1.36 bits per heavy atom. The summed E-state index contributed by atoms with van der Waals surface area (Å²) in [5.74, 6) is -8.73. The van der Waals surface area contributed by atoms with Crippen molar-refractivity contribution in [3.05, 3.63) is 89.3 Å². The molecule has 7 amide bonds. The molecule has 0 aromatic heterocycles. The lowest BCUT2D eigenvalue weighted by Gasteiger charge is -2.37. The fraction of sp³-hybridized carbons (Fsp3) is 0.559. The number of nitrogens with one attached hydrogen (secondary N) is 5. The van der Waals surface area contributed by atoms with Crippen LogP contribution in [0.1, 0.15) is 68.3 Å². The number of piperazine rings is 1. The lowest BCUT2D eigenvalue weighted by Crippen LogP contribution is -2.64. The number of phenols is 1. The number of unbranched alkanes of at least 4 members (excludes halogenated alkanes) is 3. The fourth-order valence-electron chi connectivity index (χ4n) is 11.3. The van der Waals surface area contributed by atoms with E-state index in [9.17, 15) is 73.5 Å². The Labute approximate surface area is 521 Å². The molecule has 0 aliphatic carbocycles. The predicted octanol–water partition coefficient (Wildman–Crippen LogP) is -2.38. The summed E-state index contributed by atoms with van der Waals surface area (Å²) in [6, 6.07) is 6.19. The first-order chi connectivity index (χ1) is 43.0. The van der Waals surface area contributed by atoms with Crippen LogP contribution in [0.3, 0.4) is 0 Å². The SMILES string of the molecule is [C-]#[N+]C[C@@H](O)[C@@H]1NC(=O)C([C@H](O)Cc2ccc(O)c(S(=O)OOO)c2)NC(=O)C2CC(O)CN2C(=O)C(C(C)O)NC(=O)[C@@H](NC(=O)c2ccc(N3CCN(c4ccc(OCCCCCCOC)cc4)CC3)cc2)C[C@H](O)CNC(=O)C2[C@@H](O)C(C)CN2C1=O. The van der Waals surface area contributed by atoms with E-state index in [0.717, 1.165) is 78.3 Å². The Morgan fingerprint density at radius 3 is 1.98 bits per heavy atom. The van der Waals surface area contributed by atoms with E-state index in [1.807, 2.05) is 24.3 Å². The van der Waals surface area contributed by atoms with E-state index in [1.54, 1.807) is 19.2 Å². The number of nitrogens with zero attached hydrogens (tertiary/aromatic N) is 5. The van der Waals surface area contributed by atoms with Crippen LogP contribution < -0.4 is 41.1 Å². The van der Waals surface area contributed by atoms with Crippen LogP contribution in [0.25, 0.3) is 4.85 Å². The van der Waals surface area contributed by atoms with Gasteiger partial charge in [-0.1, -0.05) is 28.8 Å². The van der Waals surface area contributed by atoms with Gasteiger partial charge in [0.05, 0.1) is 37.1 Å². The van der Waals surface area contributed by atoms with Crippen molar-refractivity contribution >= 4 is 63.8 Å². The van der Waals surface area contributed by atoms with Gasteiger partial charge in [0.2, 0.25) is 53.1 Å². The molecule has 0 radical (unpaired) electrons. The number of anilines is 2. The van der Waals surface area contributed by atoms with Gasteiger partial charge in [-0.3, -0.25) is 33.6 Å². The zero-order chi connectivity index (χ0) is 65.3. The first-order valence-corrected chi connectivity index (χ1v) is 30.7. The first-order valence-electron chi connectivity index (χ1n) is 29.6. The van der Waals surface area contributed by atoms with Crippen LogP contribution in [0.4, 0.5) is 11.4 Å². The second kappa shape index (κ2) is 32.9. The molecule has 30 nitrogen and oxygen atoms in total. The smallest absolute Gasteiger partial charge is 0.251 e.